The van der Waals surface area contributed by atoms with Crippen molar-refractivity contribution in [1.82, 2.24) is 15.2 Å². The molecule has 1 aromatic heterocycles. The molecule has 2 N–H and O–H groups in total. The van der Waals surface area contributed by atoms with Crippen molar-refractivity contribution in [2.24, 2.45) is 5.92 Å². The number of aromatic nitrogens is 1. The van der Waals surface area contributed by atoms with Gasteiger partial charge in [-0.15, -0.1) is 0 Å². The fourth-order valence-corrected chi connectivity index (χ4v) is 1.65. The predicted molar refractivity (Wildman–Crippen MR) is 75.5 cm³/mol. The molecule has 0 aliphatic rings. The molecule has 0 aliphatic carbocycles. The van der Waals surface area contributed by atoms with E-state index in [-0.39, 0.29) is 12.6 Å². The SMILES string of the molecule is Cc1ccc(CCNC(=O)N(C)CC(C)C(=O)O)nc1. The van der Waals surface area contributed by atoms with E-state index in [1.54, 1.807) is 20.2 Å². The molecule has 0 bridgehead atoms. The number of rotatable bonds is 6. The van der Waals surface area contributed by atoms with Gasteiger partial charge in [0.15, 0.2) is 0 Å². The Morgan fingerprint density at radius 3 is 2.70 bits per heavy atom. The average Bonchev–Trinajstić information content (AvgIpc) is 2.40. The number of hydrogen-bond donors (Lipinski definition) is 2. The van der Waals surface area contributed by atoms with Gasteiger partial charge in [-0.05, 0) is 18.6 Å². The molecule has 0 aromatic carbocycles. The minimum absolute atomic E-state index is 0.184. The van der Waals surface area contributed by atoms with Crippen LogP contribution in [0.4, 0.5) is 4.79 Å². The Bertz CT molecular complexity index is 459. The van der Waals surface area contributed by atoms with Crippen LogP contribution in [0.1, 0.15) is 18.2 Å². The summed E-state index contributed by atoms with van der Waals surface area (Å²) in [5.41, 5.74) is 2.01. The van der Waals surface area contributed by atoms with Crippen LogP contribution in [0.2, 0.25) is 0 Å². The summed E-state index contributed by atoms with van der Waals surface area (Å²) >= 11 is 0. The lowest BCUT2D eigenvalue weighted by molar-refractivity contribution is -0.141. The van der Waals surface area contributed by atoms with E-state index in [0.29, 0.717) is 13.0 Å². The smallest absolute Gasteiger partial charge is 0.317 e. The van der Waals surface area contributed by atoms with Crippen molar-refractivity contribution in [2.75, 3.05) is 20.1 Å². The third-order valence-electron chi connectivity index (χ3n) is 2.95. The minimum Gasteiger partial charge on any atom is -0.481 e. The van der Waals surface area contributed by atoms with E-state index in [4.69, 9.17) is 5.11 Å². The van der Waals surface area contributed by atoms with Crippen LogP contribution in [-0.2, 0) is 11.2 Å². The third-order valence-corrected chi connectivity index (χ3v) is 2.95. The van der Waals surface area contributed by atoms with Crippen LogP contribution in [0.3, 0.4) is 0 Å². The Labute approximate surface area is 118 Å². The quantitative estimate of drug-likeness (QED) is 0.822. The van der Waals surface area contributed by atoms with Crippen LogP contribution in [-0.4, -0.2) is 47.1 Å². The molecular weight excluding hydrogens is 258 g/mol. The summed E-state index contributed by atoms with van der Waals surface area (Å²) in [6.07, 6.45) is 2.44. The van der Waals surface area contributed by atoms with Crippen molar-refractivity contribution < 1.29 is 14.7 Å². The highest BCUT2D eigenvalue weighted by molar-refractivity contribution is 5.75. The molecule has 110 valence electrons. The van der Waals surface area contributed by atoms with Crippen LogP contribution < -0.4 is 5.32 Å². The largest absolute Gasteiger partial charge is 0.481 e. The van der Waals surface area contributed by atoms with Gasteiger partial charge < -0.3 is 15.3 Å². The zero-order chi connectivity index (χ0) is 15.1. The first-order chi connectivity index (χ1) is 9.40. The van der Waals surface area contributed by atoms with Gasteiger partial charge in [-0.3, -0.25) is 9.78 Å². The van der Waals surface area contributed by atoms with Crippen LogP contribution >= 0.6 is 0 Å². The second-order valence-electron chi connectivity index (χ2n) is 4.93. The van der Waals surface area contributed by atoms with E-state index >= 15 is 0 Å². The Morgan fingerprint density at radius 1 is 1.45 bits per heavy atom. The first-order valence-electron chi connectivity index (χ1n) is 6.53. The highest BCUT2D eigenvalue weighted by Crippen LogP contribution is 2.00. The number of aryl methyl sites for hydroxylation is 1. The molecule has 1 aromatic rings. The van der Waals surface area contributed by atoms with E-state index in [1.807, 2.05) is 19.1 Å². The topological polar surface area (TPSA) is 82.5 Å². The van der Waals surface area contributed by atoms with E-state index in [9.17, 15) is 9.59 Å². The minimum atomic E-state index is -0.909. The highest BCUT2D eigenvalue weighted by atomic mass is 16.4. The van der Waals surface area contributed by atoms with E-state index < -0.39 is 11.9 Å². The molecule has 6 nitrogen and oxygen atoms in total. The molecule has 0 aliphatic heterocycles. The Morgan fingerprint density at radius 2 is 2.15 bits per heavy atom. The summed E-state index contributed by atoms with van der Waals surface area (Å²) in [6.45, 7) is 4.20. The first kappa shape index (κ1) is 15.9. The van der Waals surface area contributed by atoms with Crippen LogP contribution in [0.5, 0.6) is 0 Å². The standard InChI is InChI=1S/C14H21N3O3/c1-10-4-5-12(16-8-10)6-7-15-14(20)17(3)9-11(2)13(18)19/h4-5,8,11H,6-7,9H2,1-3H3,(H,15,20)(H,18,19). The summed E-state index contributed by atoms with van der Waals surface area (Å²) < 4.78 is 0. The second-order valence-corrected chi connectivity index (χ2v) is 4.93. The molecule has 1 heterocycles. The molecule has 1 rings (SSSR count). The lowest BCUT2D eigenvalue weighted by Gasteiger charge is -2.19. The van der Waals surface area contributed by atoms with Gasteiger partial charge in [-0.25, -0.2) is 4.79 Å². The summed E-state index contributed by atoms with van der Waals surface area (Å²) in [4.78, 5) is 28.1. The number of hydrogen-bond acceptors (Lipinski definition) is 3. The van der Waals surface area contributed by atoms with Crippen molar-refractivity contribution in [3.63, 3.8) is 0 Å². The van der Waals surface area contributed by atoms with Crippen LogP contribution in [0.25, 0.3) is 0 Å². The molecule has 0 saturated heterocycles. The fraction of sp³-hybridized carbons (Fsp3) is 0.500. The number of carboxylic acid groups (broad SMARTS) is 1. The molecule has 0 radical (unpaired) electrons. The molecule has 0 saturated carbocycles. The Kier molecular flexibility index (Phi) is 5.96. The fourth-order valence-electron chi connectivity index (χ4n) is 1.65. The zero-order valence-corrected chi connectivity index (χ0v) is 12.1. The maximum atomic E-state index is 11.7. The summed E-state index contributed by atoms with van der Waals surface area (Å²) in [5, 5.41) is 11.5. The zero-order valence-electron chi connectivity index (χ0n) is 12.1. The van der Waals surface area contributed by atoms with Gasteiger partial charge in [-0.2, -0.15) is 0 Å². The lowest BCUT2D eigenvalue weighted by atomic mass is 10.2. The van der Waals surface area contributed by atoms with Gasteiger partial charge >= 0.3 is 12.0 Å². The van der Waals surface area contributed by atoms with Crippen molar-refractivity contribution in [3.05, 3.63) is 29.6 Å². The first-order valence-corrected chi connectivity index (χ1v) is 6.53. The number of amides is 2. The van der Waals surface area contributed by atoms with Gasteiger partial charge in [0.25, 0.3) is 0 Å². The van der Waals surface area contributed by atoms with Gasteiger partial charge in [-0.1, -0.05) is 13.0 Å². The lowest BCUT2D eigenvalue weighted by Crippen LogP contribution is -2.41. The second kappa shape index (κ2) is 7.47. The molecule has 1 atom stereocenters. The van der Waals surface area contributed by atoms with Gasteiger partial charge in [0.05, 0.1) is 5.92 Å². The number of carbonyl (C=O) groups is 2. The van der Waals surface area contributed by atoms with Crippen molar-refractivity contribution in [1.29, 1.82) is 0 Å². The van der Waals surface area contributed by atoms with Crippen molar-refractivity contribution in [2.45, 2.75) is 20.3 Å². The maximum Gasteiger partial charge on any atom is 0.317 e. The summed E-state index contributed by atoms with van der Waals surface area (Å²) in [6, 6.07) is 3.63. The Hall–Kier alpha value is -2.11. The number of pyridine rings is 1. The number of urea groups is 1. The van der Waals surface area contributed by atoms with Crippen LogP contribution in [0, 0.1) is 12.8 Å². The van der Waals surface area contributed by atoms with Crippen LogP contribution in [0.15, 0.2) is 18.3 Å². The Balaban J connectivity index is 2.32. The molecular formula is C14H21N3O3. The summed E-state index contributed by atoms with van der Waals surface area (Å²) in [7, 11) is 1.58. The molecule has 1 unspecified atom stereocenters. The number of carbonyl (C=O) groups excluding carboxylic acids is 1. The van der Waals surface area contributed by atoms with Gasteiger partial charge in [0.1, 0.15) is 0 Å². The van der Waals surface area contributed by atoms with Crippen molar-refractivity contribution >= 4 is 12.0 Å². The average molecular weight is 279 g/mol. The molecule has 2 amide bonds. The van der Waals surface area contributed by atoms with Crippen molar-refractivity contribution in [3.8, 4) is 0 Å². The molecule has 0 spiro atoms. The van der Waals surface area contributed by atoms with E-state index in [0.717, 1.165) is 11.3 Å². The molecule has 6 heteroatoms. The molecule has 20 heavy (non-hydrogen) atoms. The van der Waals surface area contributed by atoms with Gasteiger partial charge in [0, 0.05) is 38.4 Å². The maximum absolute atomic E-state index is 11.7. The number of aliphatic carboxylic acids is 1. The summed E-state index contributed by atoms with van der Waals surface area (Å²) in [5.74, 6) is -1.49. The third kappa shape index (κ3) is 5.26. The number of nitrogens with zero attached hydrogens (tertiary/aromatic N) is 2. The normalized spacial score (nSPS) is 11.8. The number of nitrogens with one attached hydrogen (secondary N) is 1. The number of carboxylic acids is 1. The van der Waals surface area contributed by atoms with E-state index in [2.05, 4.69) is 10.3 Å². The highest BCUT2D eigenvalue weighted by Gasteiger charge is 2.16. The molecule has 0 fully saturated rings. The van der Waals surface area contributed by atoms with Gasteiger partial charge in [0.2, 0.25) is 0 Å². The predicted octanol–water partition coefficient (Wildman–Crippen LogP) is 1.29. The monoisotopic (exact) mass is 279 g/mol. The van der Waals surface area contributed by atoms with E-state index in [1.165, 1.54) is 4.90 Å².